The molecular formula is C20H23N5O5. The van der Waals surface area contributed by atoms with Gasteiger partial charge in [-0.25, -0.2) is 14.3 Å². The van der Waals surface area contributed by atoms with Crippen LogP contribution in [0.15, 0.2) is 12.1 Å². The second-order valence-corrected chi connectivity index (χ2v) is 6.95. The van der Waals surface area contributed by atoms with Crippen LogP contribution in [0.4, 0.5) is 0 Å². The minimum Gasteiger partial charge on any atom is -0.469 e. The highest BCUT2D eigenvalue weighted by Gasteiger charge is 2.21. The summed E-state index contributed by atoms with van der Waals surface area (Å²) in [5.74, 6) is -1.35. The largest absolute Gasteiger partial charge is 0.469 e. The van der Waals surface area contributed by atoms with Crippen molar-refractivity contribution in [2.24, 2.45) is 0 Å². The Bertz CT molecular complexity index is 1140. The number of fused-ring (bicyclic) bond motifs is 1. The molecule has 0 bridgehead atoms. The molecule has 0 N–H and O–H groups in total. The van der Waals surface area contributed by atoms with Crippen LogP contribution in [0.2, 0.25) is 0 Å². The molecule has 3 heterocycles. The van der Waals surface area contributed by atoms with E-state index in [2.05, 4.69) is 19.8 Å². The second kappa shape index (κ2) is 8.44. The molecule has 0 aliphatic heterocycles. The highest BCUT2D eigenvalue weighted by Crippen LogP contribution is 2.17. The van der Waals surface area contributed by atoms with E-state index in [9.17, 15) is 14.4 Å². The first-order valence-electron chi connectivity index (χ1n) is 9.36. The number of carbonyl (C=O) groups is 3. The van der Waals surface area contributed by atoms with Crippen molar-refractivity contribution in [3.05, 3.63) is 46.3 Å². The van der Waals surface area contributed by atoms with E-state index < -0.39 is 12.6 Å². The van der Waals surface area contributed by atoms with Gasteiger partial charge in [0.25, 0.3) is 11.6 Å². The minimum atomic E-state index is -0.801. The average Bonchev–Trinajstić information content (AvgIpc) is 3.25. The molecule has 0 unspecified atom stereocenters. The predicted octanol–water partition coefficient (Wildman–Crippen LogP) is 1.76. The topological polar surface area (TPSA) is 118 Å². The van der Waals surface area contributed by atoms with Gasteiger partial charge in [0.05, 0.1) is 13.5 Å². The molecule has 30 heavy (non-hydrogen) atoms. The number of rotatable bonds is 7. The number of ketones is 1. The lowest BCUT2D eigenvalue weighted by Gasteiger charge is -2.08. The molecule has 158 valence electrons. The molecule has 0 saturated heterocycles. The van der Waals surface area contributed by atoms with E-state index in [1.165, 1.54) is 11.6 Å². The Kier molecular flexibility index (Phi) is 5.95. The summed E-state index contributed by atoms with van der Waals surface area (Å²) in [7, 11) is 1.33. The number of hydrogen-bond acceptors (Lipinski definition) is 8. The van der Waals surface area contributed by atoms with Gasteiger partial charge in [-0.15, -0.1) is 5.10 Å². The summed E-state index contributed by atoms with van der Waals surface area (Å²) >= 11 is 0. The van der Waals surface area contributed by atoms with Crippen LogP contribution in [0.25, 0.3) is 5.78 Å². The van der Waals surface area contributed by atoms with Gasteiger partial charge in [0, 0.05) is 34.9 Å². The van der Waals surface area contributed by atoms with Crippen molar-refractivity contribution in [1.82, 2.24) is 24.1 Å². The summed E-state index contributed by atoms with van der Waals surface area (Å²) in [4.78, 5) is 44.6. The van der Waals surface area contributed by atoms with Crippen molar-refractivity contribution in [3.63, 3.8) is 0 Å². The summed E-state index contributed by atoms with van der Waals surface area (Å²) < 4.78 is 13.1. The number of nitrogens with zero attached hydrogens (tertiary/aromatic N) is 5. The van der Waals surface area contributed by atoms with Crippen molar-refractivity contribution >= 4 is 23.5 Å². The number of methoxy groups -OCH3 is 1. The summed E-state index contributed by atoms with van der Waals surface area (Å²) in [6.07, 6.45) is 0.196. The molecular weight excluding hydrogens is 390 g/mol. The molecule has 3 aromatic heterocycles. The SMILES string of the molecule is COC(=O)CCn1c(C)cc(C(=O)COC(=O)c2nc3nc(C)cc(C)n3n2)c1C. The van der Waals surface area contributed by atoms with E-state index in [4.69, 9.17) is 4.74 Å². The molecule has 10 heteroatoms. The molecule has 0 aliphatic rings. The zero-order chi connectivity index (χ0) is 22.0. The van der Waals surface area contributed by atoms with Crippen LogP contribution in [0.3, 0.4) is 0 Å². The Morgan fingerprint density at radius 1 is 1.03 bits per heavy atom. The number of esters is 2. The van der Waals surface area contributed by atoms with E-state index in [1.807, 2.05) is 31.4 Å². The standard InChI is InChI=1S/C20H23N5O5/c1-11-8-13(3)25-20(21-11)22-18(23-25)19(28)30-10-16(26)15-9-12(2)24(14(15)4)7-6-17(27)29-5/h8-9H,6-7,10H2,1-5H3. The predicted molar refractivity (Wildman–Crippen MR) is 105 cm³/mol. The van der Waals surface area contributed by atoms with Crippen LogP contribution >= 0.6 is 0 Å². The fourth-order valence-corrected chi connectivity index (χ4v) is 3.26. The molecule has 3 rings (SSSR count). The summed E-state index contributed by atoms with van der Waals surface area (Å²) in [5, 5.41) is 4.10. The smallest absolute Gasteiger partial charge is 0.378 e. The molecule has 0 radical (unpaired) electrons. The van der Waals surface area contributed by atoms with Gasteiger partial charge in [-0.1, -0.05) is 0 Å². The fraction of sp³-hybridized carbons (Fsp3) is 0.400. The van der Waals surface area contributed by atoms with Crippen LogP contribution in [-0.2, 0) is 20.8 Å². The minimum absolute atomic E-state index is 0.160. The van der Waals surface area contributed by atoms with Gasteiger partial charge in [0.15, 0.2) is 6.61 Å². The van der Waals surface area contributed by atoms with Crippen molar-refractivity contribution in [2.75, 3.05) is 13.7 Å². The number of aromatic nitrogens is 5. The first-order valence-corrected chi connectivity index (χ1v) is 9.36. The normalized spacial score (nSPS) is 11.0. The van der Waals surface area contributed by atoms with Crippen molar-refractivity contribution in [2.45, 2.75) is 40.7 Å². The van der Waals surface area contributed by atoms with E-state index in [0.29, 0.717) is 23.6 Å². The third-order valence-electron chi connectivity index (χ3n) is 4.78. The zero-order valence-corrected chi connectivity index (χ0v) is 17.6. The van der Waals surface area contributed by atoms with Crippen LogP contribution in [0.1, 0.15) is 50.2 Å². The molecule has 10 nitrogen and oxygen atoms in total. The fourth-order valence-electron chi connectivity index (χ4n) is 3.26. The summed E-state index contributed by atoms with van der Waals surface area (Å²) in [6, 6.07) is 3.53. The van der Waals surface area contributed by atoms with E-state index in [-0.39, 0.29) is 24.0 Å². The Balaban J connectivity index is 1.69. The van der Waals surface area contributed by atoms with E-state index in [1.54, 1.807) is 13.0 Å². The monoisotopic (exact) mass is 413 g/mol. The lowest BCUT2D eigenvalue weighted by molar-refractivity contribution is -0.140. The average molecular weight is 413 g/mol. The van der Waals surface area contributed by atoms with Gasteiger partial charge >= 0.3 is 11.9 Å². The molecule has 0 aliphatic carbocycles. The van der Waals surface area contributed by atoms with Crippen LogP contribution in [0.5, 0.6) is 0 Å². The third-order valence-corrected chi connectivity index (χ3v) is 4.78. The lowest BCUT2D eigenvalue weighted by atomic mass is 10.1. The van der Waals surface area contributed by atoms with Gasteiger partial charge in [0.2, 0.25) is 5.78 Å². The molecule has 0 atom stereocenters. The summed E-state index contributed by atoms with van der Waals surface area (Å²) in [6.45, 7) is 7.21. The van der Waals surface area contributed by atoms with Crippen molar-refractivity contribution in [1.29, 1.82) is 0 Å². The van der Waals surface area contributed by atoms with Crippen LogP contribution in [-0.4, -0.2) is 55.6 Å². The molecule has 0 amide bonds. The van der Waals surface area contributed by atoms with Crippen LogP contribution in [0, 0.1) is 27.7 Å². The number of hydrogen-bond donors (Lipinski definition) is 0. The van der Waals surface area contributed by atoms with Gasteiger partial charge < -0.3 is 14.0 Å². The van der Waals surface area contributed by atoms with E-state index in [0.717, 1.165) is 17.1 Å². The summed E-state index contributed by atoms with van der Waals surface area (Å²) in [5.41, 5.74) is 3.48. The van der Waals surface area contributed by atoms with Crippen molar-refractivity contribution < 1.29 is 23.9 Å². The van der Waals surface area contributed by atoms with Gasteiger partial charge in [0.1, 0.15) is 0 Å². The lowest BCUT2D eigenvalue weighted by Crippen LogP contribution is -2.16. The Morgan fingerprint density at radius 3 is 2.47 bits per heavy atom. The Morgan fingerprint density at radius 2 is 1.77 bits per heavy atom. The molecule has 3 aromatic rings. The first kappa shape index (κ1) is 21.2. The van der Waals surface area contributed by atoms with Crippen LogP contribution < -0.4 is 0 Å². The number of Topliss-reactive ketones (excluding diaryl/α,β-unsaturated/α-hetero) is 1. The third kappa shape index (κ3) is 4.22. The number of carbonyl (C=O) groups excluding carboxylic acids is 3. The van der Waals surface area contributed by atoms with Gasteiger partial charge in [-0.05, 0) is 39.8 Å². The maximum absolute atomic E-state index is 12.6. The molecule has 0 fully saturated rings. The molecule has 0 saturated carbocycles. The van der Waals surface area contributed by atoms with E-state index >= 15 is 0 Å². The first-order chi connectivity index (χ1) is 14.2. The second-order valence-electron chi connectivity index (χ2n) is 6.95. The number of ether oxygens (including phenoxy) is 2. The Hall–Kier alpha value is -3.56. The maximum atomic E-state index is 12.6. The maximum Gasteiger partial charge on any atom is 0.378 e. The zero-order valence-electron chi connectivity index (χ0n) is 17.6. The Labute approximate surface area is 172 Å². The van der Waals surface area contributed by atoms with Gasteiger partial charge in [-0.2, -0.15) is 4.98 Å². The quantitative estimate of drug-likeness (QED) is 0.425. The number of aryl methyl sites for hydroxylation is 3. The van der Waals surface area contributed by atoms with Crippen molar-refractivity contribution in [3.8, 4) is 0 Å². The van der Waals surface area contributed by atoms with Gasteiger partial charge in [-0.3, -0.25) is 9.59 Å². The molecule has 0 aromatic carbocycles. The highest BCUT2D eigenvalue weighted by molar-refractivity contribution is 6.00. The highest BCUT2D eigenvalue weighted by atomic mass is 16.5. The molecule has 0 spiro atoms.